The van der Waals surface area contributed by atoms with E-state index >= 15 is 0 Å². The van der Waals surface area contributed by atoms with Gasteiger partial charge in [-0.1, -0.05) is 12.1 Å². The topological polar surface area (TPSA) is 45.2 Å². The van der Waals surface area contributed by atoms with Gasteiger partial charge in [-0.3, -0.25) is 4.79 Å². The molecule has 1 aliphatic rings. The number of aromatic nitrogens is 1. The first-order chi connectivity index (χ1) is 11.1. The number of carbonyl (C=O) groups excluding carboxylic acids is 1. The molecule has 0 saturated carbocycles. The van der Waals surface area contributed by atoms with Gasteiger partial charge in [0.15, 0.2) is 0 Å². The number of pyridine rings is 1. The Morgan fingerprint density at radius 2 is 1.91 bits per heavy atom. The number of nitrogens with zero attached hydrogens (tertiary/aromatic N) is 2. The molecule has 1 fully saturated rings. The number of rotatable bonds is 4. The van der Waals surface area contributed by atoms with E-state index in [2.05, 4.69) is 15.2 Å². The Morgan fingerprint density at radius 3 is 2.57 bits per heavy atom. The molecule has 1 aromatic heterocycles. The first-order valence-electron chi connectivity index (χ1n) is 8.19. The monoisotopic (exact) mass is 309 g/mol. The first-order valence-corrected chi connectivity index (χ1v) is 8.19. The summed E-state index contributed by atoms with van der Waals surface area (Å²) in [6.45, 7) is 6.75. The number of amides is 1. The second-order valence-corrected chi connectivity index (χ2v) is 6.20. The Balaban J connectivity index is 1.59. The van der Waals surface area contributed by atoms with E-state index in [1.807, 2.05) is 50.4 Å². The van der Waals surface area contributed by atoms with Gasteiger partial charge < -0.3 is 10.2 Å². The van der Waals surface area contributed by atoms with E-state index in [0.29, 0.717) is 12.1 Å². The lowest BCUT2D eigenvalue weighted by atomic mass is 10.1. The molecule has 2 aromatic rings. The molecule has 0 atom stereocenters. The zero-order valence-corrected chi connectivity index (χ0v) is 13.8. The highest BCUT2D eigenvalue weighted by atomic mass is 16.1. The summed E-state index contributed by atoms with van der Waals surface area (Å²) in [6, 6.07) is 9.87. The number of aryl methyl sites for hydroxylation is 2. The summed E-state index contributed by atoms with van der Waals surface area (Å²) in [5, 5.41) is 2.96. The second kappa shape index (κ2) is 6.82. The number of anilines is 1. The molecule has 3 rings (SSSR count). The SMILES string of the molecule is Cc1ccc(C(=O)NCc2ccc(N3CCCC3)nc2)cc1C. The summed E-state index contributed by atoms with van der Waals surface area (Å²) in [4.78, 5) is 19.0. The lowest BCUT2D eigenvalue weighted by molar-refractivity contribution is 0.0951. The Kier molecular flexibility index (Phi) is 4.60. The number of hydrogen-bond donors (Lipinski definition) is 1. The van der Waals surface area contributed by atoms with Crippen LogP contribution in [0.15, 0.2) is 36.5 Å². The molecule has 1 amide bonds. The van der Waals surface area contributed by atoms with Crippen LogP contribution in [0.4, 0.5) is 5.82 Å². The van der Waals surface area contributed by atoms with Gasteiger partial charge in [-0.15, -0.1) is 0 Å². The maximum Gasteiger partial charge on any atom is 0.251 e. The van der Waals surface area contributed by atoms with Crippen molar-refractivity contribution in [3.8, 4) is 0 Å². The Hall–Kier alpha value is -2.36. The van der Waals surface area contributed by atoms with Gasteiger partial charge in [-0.05, 0) is 61.6 Å². The predicted octanol–water partition coefficient (Wildman–Crippen LogP) is 3.23. The van der Waals surface area contributed by atoms with Crippen molar-refractivity contribution in [2.24, 2.45) is 0 Å². The van der Waals surface area contributed by atoms with Crippen LogP contribution in [0.2, 0.25) is 0 Å². The van der Waals surface area contributed by atoms with Gasteiger partial charge in [0.2, 0.25) is 0 Å². The van der Waals surface area contributed by atoms with Crippen LogP contribution in [0.3, 0.4) is 0 Å². The number of hydrogen-bond acceptors (Lipinski definition) is 3. The summed E-state index contributed by atoms with van der Waals surface area (Å²) in [5.74, 6) is 0.989. The lowest BCUT2D eigenvalue weighted by Crippen LogP contribution is -2.23. The summed E-state index contributed by atoms with van der Waals surface area (Å²) >= 11 is 0. The molecule has 0 bridgehead atoms. The van der Waals surface area contributed by atoms with Crippen LogP contribution in [0.5, 0.6) is 0 Å². The minimum atomic E-state index is -0.0447. The van der Waals surface area contributed by atoms with Crippen molar-refractivity contribution >= 4 is 11.7 Å². The van der Waals surface area contributed by atoms with Crippen molar-refractivity contribution in [1.82, 2.24) is 10.3 Å². The normalized spacial score (nSPS) is 14.1. The van der Waals surface area contributed by atoms with Crippen LogP contribution in [-0.4, -0.2) is 24.0 Å². The molecule has 1 aromatic carbocycles. The highest BCUT2D eigenvalue weighted by Crippen LogP contribution is 2.17. The van der Waals surface area contributed by atoms with E-state index in [1.54, 1.807) is 0 Å². The number of nitrogens with one attached hydrogen (secondary N) is 1. The lowest BCUT2D eigenvalue weighted by Gasteiger charge is -2.16. The van der Waals surface area contributed by atoms with Crippen molar-refractivity contribution in [1.29, 1.82) is 0 Å². The van der Waals surface area contributed by atoms with Gasteiger partial charge in [0.05, 0.1) is 0 Å². The Morgan fingerprint density at radius 1 is 1.13 bits per heavy atom. The van der Waals surface area contributed by atoms with Crippen LogP contribution >= 0.6 is 0 Å². The van der Waals surface area contributed by atoms with E-state index in [-0.39, 0.29) is 5.91 Å². The first kappa shape index (κ1) is 15.5. The van der Waals surface area contributed by atoms with E-state index in [4.69, 9.17) is 0 Å². The zero-order valence-electron chi connectivity index (χ0n) is 13.8. The molecular formula is C19H23N3O. The molecule has 0 spiro atoms. The van der Waals surface area contributed by atoms with Gasteiger partial charge in [0, 0.05) is 31.4 Å². The molecule has 0 aliphatic carbocycles. The van der Waals surface area contributed by atoms with Crippen molar-refractivity contribution in [2.45, 2.75) is 33.2 Å². The van der Waals surface area contributed by atoms with Crippen molar-refractivity contribution in [2.75, 3.05) is 18.0 Å². The fraction of sp³-hybridized carbons (Fsp3) is 0.368. The van der Waals surface area contributed by atoms with Crippen LogP contribution < -0.4 is 10.2 Å². The minimum absolute atomic E-state index is 0.0447. The average Bonchev–Trinajstić information content (AvgIpc) is 3.10. The van der Waals surface area contributed by atoms with Gasteiger partial charge in [-0.25, -0.2) is 4.98 Å². The fourth-order valence-corrected chi connectivity index (χ4v) is 2.82. The van der Waals surface area contributed by atoms with Crippen molar-refractivity contribution in [3.63, 3.8) is 0 Å². The average molecular weight is 309 g/mol. The van der Waals surface area contributed by atoms with Gasteiger partial charge in [0.1, 0.15) is 5.82 Å². The van der Waals surface area contributed by atoms with Crippen molar-refractivity contribution in [3.05, 3.63) is 58.8 Å². The van der Waals surface area contributed by atoms with Crippen LogP contribution in [-0.2, 0) is 6.54 Å². The van der Waals surface area contributed by atoms with Gasteiger partial charge >= 0.3 is 0 Å². The van der Waals surface area contributed by atoms with Crippen molar-refractivity contribution < 1.29 is 4.79 Å². The molecule has 23 heavy (non-hydrogen) atoms. The molecule has 0 unspecified atom stereocenters. The quantitative estimate of drug-likeness (QED) is 0.943. The zero-order chi connectivity index (χ0) is 16.2. The Bertz CT molecular complexity index is 688. The molecule has 120 valence electrons. The van der Waals surface area contributed by atoms with E-state index < -0.39 is 0 Å². The maximum atomic E-state index is 12.2. The third-order valence-corrected chi connectivity index (χ3v) is 4.46. The maximum absolute atomic E-state index is 12.2. The molecule has 4 heteroatoms. The predicted molar refractivity (Wildman–Crippen MR) is 92.8 cm³/mol. The van der Waals surface area contributed by atoms with Crippen LogP contribution in [0, 0.1) is 13.8 Å². The number of benzene rings is 1. The number of carbonyl (C=O) groups is 1. The van der Waals surface area contributed by atoms with Gasteiger partial charge in [-0.2, -0.15) is 0 Å². The molecule has 2 heterocycles. The van der Waals surface area contributed by atoms with Crippen LogP contribution in [0.1, 0.15) is 39.9 Å². The largest absolute Gasteiger partial charge is 0.357 e. The summed E-state index contributed by atoms with van der Waals surface area (Å²) in [6.07, 6.45) is 4.35. The third kappa shape index (κ3) is 3.70. The highest BCUT2D eigenvalue weighted by Gasteiger charge is 2.13. The van der Waals surface area contributed by atoms with Crippen LogP contribution in [0.25, 0.3) is 0 Å². The summed E-state index contributed by atoms with van der Waals surface area (Å²) in [7, 11) is 0. The standard InChI is InChI=1S/C19H23N3O/c1-14-5-7-17(11-15(14)2)19(23)21-13-16-6-8-18(20-12-16)22-9-3-4-10-22/h5-8,11-12H,3-4,9-10,13H2,1-2H3,(H,21,23). The highest BCUT2D eigenvalue weighted by molar-refractivity contribution is 5.94. The molecule has 1 saturated heterocycles. The molecule has 0 radical (unpaired) electrons. The molecular weight excluding hydrogens is 286 g/mol. The minimum Gasteiger partial charge on any atom is -0.357 e. The third-order valence-electron chi connectivity index (χ3n) is 4.46. The smallest absolute Gasteiger partial charge is 0.251 e. The van der Waals surface area contributed by atoms with Gasteiger partial charge in [0.25, 0.3) is 5.91 Å². The van der Waals surface area contributed by atoms with E-state index in [1.165, 1.54) is 18.4 Å². The summed E-state index contributed by atoms with van der Waals surface area (Å²) in [5.41, 5.74) is 4.05. The Labute approximate surface area is 137 Å². The van der Waals surface area contributed by atoms with E-state index in [0.717, 1.165) is 30.0 Å². The molecule has 1 aliphatic heterocycles. The fourth-order valence-electron chi connectivity index (χ4n) is 2.82. The summed E-state index contributed by atoms with van der Waals surface area (Å²) < 4.78 is 0. The second-order valence-electron chi connectivity index (χ2n) is 6.20. The molecule has 4 nitrogen and oxygen atoms in total. The molecule has 1 N–H and O–H groups in total. The van der Waals surface area contributed by atoms with E-state index in [9.17, 15) is 4.79 Å².